The van der Waals surface area contributed by atoms with E-state index in [2.05, 4.69) is 27.7 Å². The fraction of sp³-hybridized carbons (Fsp3) is 0.350. The minimum atomic E-state index is -0.0472. The number of nitrogens with one attached hydrogen (secondary N) is 1. The molecule has 1 amide bonds. The molecule has 0 saturated heterocycles. The average Bonchev–Trinajstić information content (AvgIpc) is 3.07. The van der Waals surface area contributed by atoms with Gasteiger partial charge in [-0.3, -0.25) is 9.48 Å². The molecule has 0 saturated carbocycles. The lowest BCUT2D eigenvalue weighted by atomic mass is 10.1. The Hall–Kier alpha value is -2.89. The Morgan fingerprint density at radius 3 is 2.46 bits per heavy atom. The van der Waals surface area contributed by atoms with E-state index in [1.54, 1.807) is 0 Å². The molecule has 2 heterocycles. The first-order chi connectivity index (χ1) is 12.5. The van der Waals surface area contributed by atoms with Gasteiger partial charge in [0.05, 0.1) is 24.4 Å². The number of amides is 1. The molecule has 0 spiro atoms. The van der Waals surface area contributed by atoms with Crippen LogP contribution < -0.4 is 5.32 Å². The van der Waals surface area contributed by atoms with Crippen molar-refractivity contribution in [1.29, 1.82) is 0 Å². The number of hydrogen-bond acceptors (Lipinski definition) is 4. The van der Waals surface area contributed by atoms with Crippen LogP contribution in [0.15, 0.2) is 34.9 Å². The standard InChI is InChI=1S/C20H24N4O2/c1-13-19(11-21-20(25)10-18-14(2)23-26-16(18)4)15(3)24(22-13)12-17-8-6-5-7-9-17/h5-9H,10-12H2,1-4H3,(H,21,25). The molecule has 1 N–H and O–H groups in total. The monoisotopic (exact) mass is 352 g/mol. The van der Waals surface area contributed by atoms with Crippen molar-refractivity contribution >= 4 is 5.91 Å². The van der Waals surface area contributed by atoms with Gasteiger partial charge in [-0.1, -0.05) is 35.5 Å². The van der Waals surface area contributed by atoms with Crippen LogP contribution in [0.2, 0.25) is 0 Å². The smallest absolute Gasteiger partial charge is 0.224 e. The van der Waals surface area contributed by atoms with Crippen molar-refractivity contribution in [3.8, 4) is 0 Å². The summed E-state index contributed by atoms with van der Waals surface area (Å²) in [6, 6.07) is 10.2. The molecule has 2 aromatic heterocycles. The maximum Gasteiger partial charge on any atom is 0.224 e. The summed E-state index contributed by atoms with van der Waals surface area (Å²) in [4.78, 5) is 12.3. The molecule has 0 aliphatic heterocycles. The van der Waals surface area contributed by atoms with Gasteiger partial charge in [-0.15, -0.1) is 0 Å². The first-order valence-corrected chi connectivity index (χ1v) is 8.71. The van der Waals surface area contributed by atoms with Crippen LogP contribution in [0.5, 0.6) is 0 Å². The first-order valence-electron chi connectivity index (χ1n) is 8.71. The van der Waals surface area contributed by atoms with Crippen molar-refractivity contribution < 1.29 is 9.32 Å². The topological polar surface area (TPSA) is 73.0 Å². The number of benzene rings is 1. The summed E-state index contributed by atoms with van der Waals surface area (Å²) < 4.78 is 7.10. The summed E-state index contributed by atoms with van der Waals surface area (Å²) in [6.07, 6.45) is 0.275. The zero-order chi connectivity index (χ0) is 18.7. The van der Waals surface area contributed by atoms with Gasteiger partial charge in [0.15, 0.2) is 0 Å². The van der Waals surface area contributed by atoms with Gasteiger partial charge in [0.25, 0.3) is 0 Å². The van der Waals surface area contributed by atoms with Gasteiger partial charge in [-0.25, -0.2) is 0 Å². The second-order valence-electron chi connectivity index (χ2n) is 6.55. The number of aromatic nitrogens is 3. The zero-order valence-corrected chi connectivity index (χ0v) is 15.7. The molecule has 6 heteroatoms. The number of hydrogen-bond donors (Lipinski definition) is 1. The predicted octanol–water partition coefficient (Wildman–Crippen LogP) is 3.01. The van der Waals surface area contributed by atoms with Crippen LogP contribution in [0.25, 0.3) is 0 Å². The lowest BCUT2D eigenvalue weighted by Gasteiger charge is -2.07. The molecule has 1 aromatic carbocycles. The van der Waals surface area contributed by atoms with E-state index < -0.39 is 0 Å². The average molecular weight is 352 g/mol. The number of nitrogens with zero attached hydrogens (tertiary/aromatic N) is 3. The molecule has 3 aromatic rings. The molecule has 0 bridgehead atoms. The predicted molar refractivity (Wildman–Crippen MR) is 98.8 cm³/mol. The minimum absolute atomic E-state index is 0.0472. The number of aryl methyl sites for hydroxylation is 3. The lowest BCUT2D eigenvalue weighted by Crippen LogP contribution is -2.25. The maximum atomic E-state index is 12.3. The number of rotatable bonds is 6. The third-order valence-electron chi connectivity index (χ3n) is 4.69. The fourth-order valence-corrected chi connectivity index (χ4v) is 3.06. The third-order valence-corrected chi connectivity index (χ3v) is 4.69. The Bertz CT molecular complexity index is 890. The fourth-order valence-electron chi connectivity index (χ4n) is 3.06. The van der Waals surface area contributed by atoms with Crippen molar-refractivity contribution in [3.63, 3.8) is 0 Å². The number of carbonyl (C=O) groups is 1. The molecule has 3 rings (SSSR count). The van der Waals surface area contributed by atoms with E-state index >= 15 is 0 Å². The van der Waals surface area contributed by atoms with Crippen molar-refractivity contribution in [2.75, 3.05) is 0 Å². The summed E-state index contributed by atoms with van der Waals surface area (Å²) in [7, 11) is 0. The summed E-state index contributed by atoms with van der Waals surface area (Å²) in [5.41, 5.74) is 5.90. The van der Waals surface area contributed by atoms with Crippen LogP contribution in [0.4, 0.5) is 0 Å². The van der Waals surface area contributed by atoms with Crippen molar-refractivity contribution in [2.45, 2.75) is 47.2 Å². The zero-order valence-electron chi connectivity index (χ0n) is 15.7. The van der Waals surface area contributed by atoms with E-state index in [0.29, 0.717) is 12.3 Å². The summed E-state index contributed by atoms with van der Waals surface area (Å²) >= 11 is 0. The summed E-state index contributed by atoms with van der Waals surface area (Å²) in [5, 5.41) is 11.5. The second kappa shape index (κ2) is 7.56. The van der Waals surface area contributed by atoms with Crippen molar-refractivity contribution in [2.24, 2.45) is 0 Å². The van der Waals surface area contributed by atoms with E-state index in [4.69, 9.17) is 4.52 Å². The first kappa shape index (κ1) is 17.9. The minimum Gasteiger partial charge on any atom is -0.361 e. The van der Waals surface area contributed by atoms with Crippen LogP contribution in [-0.2, 0) is 24.3 Å². The molecular weight excluding hydrogens is 328 g/mol. The second-order valence-corrected chi connectivity index (χ2v) is 6.55. The summed E-state index contributed by atoms with van der Waals surface area (Å²) in [6.45, 7) is 8.88. The van der Waals surface area contributed by atoms with Gasteiger partial charge in [0.2, 0.25) is 5.91 Å². The molecule has 0 aliphatic rings. The van der Waals surface area contributed by atoms with Crippen LogP contribution in [-0.4, -0.2) is 20.8 Å². The van der Waals surface area contributed by atoms with Crippen LogP contribution in [0, 0.1) is 27.7 Å². The molecule has 6 nitrogen and oxygen atoms in total. The van der Waals surface area contributed by atoms with Gasteiger partial charge in [0.1, 0.15) is 5.76 Å². The van der Waals surface area contributed by atoms with Crippen LogP contribution in [0.1, 0.15) is 39.5 Å². The van der Waals surface area contributed by atoms with E-state index in [-0.39, 0.29) is 12.3 Å². The molecule has 136 valence electrons. The number of carbonyl (C=O) groups excluding carboxylic acids is 1. The molecule has 0 unspecified atom stereocenters. The Labute approximate surface area is 153 Å². The Morgan fingerprint density at radius 2 is 1.81 bits per heavy atom. The van der Waals surface area contributed by atoms with E-state index in [0.717, 1.165) is 34.8 Å². The quantitative estimate of drug-likeness (QED) is 0.740. The molecule has 0 aliphatic carbocycles. The van der Waals surface area contributed by atoms with Crippen LogP contribution in [0.3, 0.4) is 0 Å². The summed E-state index contributed by atoms with van der Waals surface area (Å²) in [5.74, 6) is 0.648. The molecule has 26 heavy (non-hydrogen) atoms. The molecule has 0 radical (unpaired) electrons. The molecule has 0 fully saturated rings. The Balaban J connectivity index is 1.66. The van der Waals surface area contributed by atoms with Crippen molar-refractivity contribution in [3.05, 3.63) is 69.9 Å². The SMILES string of the molecule is Cc1noc(C)c1CC(=O)NCc1c(C)nn(Cc2ccccc2)c1C. The highest BCUT2D eigenvalue weighted by atomic mass is 16.5. The van der Waals surface area contributed by atoms with Gasteiger partial charge in [-0.05, 0) is 33.3 Å². The van der Waals surface area contributed by atoms with Gasteiger partial charge < -0.3 is 9.84 Å². The van der Waals surface area contributed by atoms with E-state index in [1.165, 1.54) is 5.56 Å². The van der Waals surface area contributed by atoms with Gasteiger partial charge in [0, 0.05) is 23.4 Å². The lowest BCUT2D eigenvalue weighted by molar-refractivity contribution is -0.120. The largest absolute Gasteiger partial charge is 0.361 e. The van der Waals surface area contributed by atoms with Crippen LogP contribution >= 0.6 is 0 Å². The molecule has 0 atom stereocenters. The van der Waals surface area contributed by atoms with Gasteiger partial charge >= 0.3 is 0 Å². The Kier molecular flexibility index (Phi) is 5.21. The van der Waals surface area contributed by atoms with E-state index in [1.807, 2.05) is 50.6 Å². The third kappa shape index (κ3) is 3.85. The highest BCUT2D eigenvalue weighted by Crippen LogP contribution is 2.16. The van der Waals surface area contributed by atoms with Gasteiger partial charge in [-0.2, -0.15) is 5.10 Å². The molecular formula is C20H24N4O2. The highest BCUT2D eigenvalue weighted by Gasteiger charge is 2.16. The van der Waals surface area contributed by atoms with Crippen molar-refractivity contribution in [1.82, 2.24) is 20.3 Å². The van der Waals surface area contributed by atoms with E-state index in [9.17, 15) is 4.79 Å². The highest BCUT2D eigenvalue weighted by molar-refractivity contribution is 5.79. The normalized spacial score (nSPS) is 10.9. The Morgan fingerprint density at radius 1 is 1.08 bits per heavy atom. The maximum absolute atomic E-state index is 12.3.